The molecule has 5 aromatic rings. The lowest BCUT2D eigenvalue weighted by molar-refractivity contribution is -0.143. The molecular weight excluding hydrogens is 1340 g/mol. The molecule has 0 radical (unpaired) electrons. The molecule has 0 unspecified atom stereocenters. The van der Waals surface area contributed by atoms with Crippen molar-refractivity contribution in [2.24, 2.45) is 11.7 Å². The molecule has 35 heteroatoms. The number of aliphatic carboxylic acids is 2. The second-order valence-electron chi connectivity index (χ2n) is 24.4. The number of ether oxygens (including phenoxy) is 5. The number of phenolic OH excluding ortho intramolecular Hbond substituents is 2. The van der Waals surface area contributed by atoms with Crippen LogP contribution in [0.2, 0.25) is 0 Å². The van der Waals surface area contributed by atoms with Crippen molar-refractivity contribution in [1.29, 1.82) is 0 Å². The van der Waals surface area contributed by atoms with E-state index in [0.29, 0.717) is 57.7 Å². The predicted octanol–water partition coefficient (Wildman–Crippen LogP) is -0.756. The number of aryl methyl sites for hydroxylation is 3. The molecule has 0 bridgehead atoms. The van der Waals surface area contributed by atoms with Crippen LogP contribution < -0.4 is 53.8 Å². The predicted molar refractivity (Wildman–Crippen MR) is 362 cm³/mol. The Balaban J connectivity index is 0.874. The van der Waals surface area contributed by atoms with Crippen LogP contribution in [0, 0.1) is 19.8 Å². The largest absolute Gasteiger partial charge is 0.508 e. The van der Waals surface area contributed by atoms with Crippen LogP contribution in [0.4, 0.5) is 11.4 Å². The molecule has 102 heavy (non-hydrogen) atoms. The van der Waals surface area contributed by atoms with Crippen LogP contribution in [0.1, 0.15) is 103 Å². The summed E-state index contributed by atoms with van der Waals surface area (Å²) in [6, 6.07) is 4.40. The number of carbonyl (C=O) groups is 11. The Bertz CT molecular complexity index is 3810. The molecular formula is C67H89N13O22. The summed E-state index contributed by atoms with van der Waals surface area (Å²) < 4.78 is 28.7. The highest BCUT2D eigenvalue weighted by Crippen LogP contribution is 2.26. The number of hydrogen-bond donors (Lipinski definition) is 15. The summed E-state index contributed by atoms with van der Waals surface area (Å²) in [6.07, 6.45) is -2.57. The molecule has 7 atom stereocenters. The van der Waals surface area contributed by atoms with Crippen molar-refractivity contribution < 1.29 is 102 Å². The van der Waals surface area contributed by atoms with Crippen LogP contribution in [0.15, 0.2) is 65.5 Å². The molecule has 0 aliphatic heterocycles. The minimum Gasteiger partial charge on any atom is -0.508 e. The van der Waals surface area contributed by atoms with E-state index in [1.807, 2.05) is 0 Å². The normalized spacial score (nSPS) is 13.8. The van der Waals surface area contributed by atoms with Crippen LogP contribution in [-0.2, 0) is 97.3 Å². The number of anilines is 2. The highest BCUT2D eigenvalue weighted by molar-refractivity contribution is 6.03. The van der Waals surface area contributed by atoms with Gasteiger partial charge in [0.2, 0.25) is 53.1 Å². The fourth-order valence-electron chi connectivity index (χ4n) is 10.4. The van der Waals surface area contributed by atoms with E-state index in [0.717, 1.165) is 13.3 Å². The molecule has 1 aliphatic carbocycles. The summed E-state index contributed by atoms with van der Waals surface area (Å²) in [5.74, 6) is -11.9. The number of rotatable bonds is 44. The van der Waals surface area contributed by atoms with Gasteiger partial charge in [0.1, 0.15) is 47.8 Å². The monoisotopic (exact) mass is 1430 g/mol. The number of aromatic nitrogens is 4. The number of nitrogens with one attached hydrogen (secondary N) is 9. The number of hydrogen-bond acceptors (Lipinski definition) is 22. The first-order valence-corrected chi connectivity index (χ1v) is 33.0. The first-order valence-electron chi connectivity index (χ1n) is 33.0. The summed E-state index contributed by atoms with van der Waals surface area (Å²) in [5, 5.41) is 72.5. The number of benzene rings is 3. The van der Waals surface area contributed by atoms with Crippen LogP contribution in [-0.4, -0.2) is 219 Å². The zero-order valence-electron chi connectivity index (χ0n) is 57.1. The van der Waals surface area contributed by atoms with Gasteiger partial charge in [0.05, 0.1) is 90.7 Å². The highest BCUT2D eigenvalue weighted by atomic mass is 16.6. The van der Waals surface area contributed by atoms with Gasteiger partial charge in [-0.15, -0.1) is 0 Å². The Morgan fingerprint density at radius 3 is 1.51 bits per heavy atom. The molecule has 3 aromatic carbocycles. The maximum atomic E-state index is 14.3. The molecule has 554 valence electrons. The number of primary amides is 1. The Kier molecular flexibility index (Phi) is 31.7. The average molecular weight is 1430 g/mol. The third-order valence-corrected chi connectivity index (χ3v) is 15.9. The van der Waals surface area contributed by atoms with E-state index in [1.54, 1.807) is 39.8 Å². The molecule has 0 saturated carbocycles. The molecule has 16 N–H and O–H groups in total. The highest BCUT2D eigenvalue weighted by Gasteiger charge is 2.36. The number of amides is 9. The minimum atomic E-state index is -1.90. The quantitative estimate of drug-likeness (QED) is 0.0213. The van der Waals surface area contributed by atoms with Gasteiger partial charge in [0.25, 0.3) is 17.2 Å². The number of phenols is 2. The Morgan fingerprint density at radius 1 is 0.559 bits per heavy atom. The van der Waals surface area contributed by atoms with Crippen molar-refractivity contribution in [3.8, 4) is 11.5 Å². The van der Waals surface area contributed by atoms with Gasteiger partial charge in [0, 0.05) is 42.6 Å². The van der Waals surface area contributed by atoms with Crippen LogP contribution in [0.5, 0.6) is 11.5 Å². The van der Waals surface area contributed by atoms with E-state index in [-0.39, 0.29) is 126 Å². The summed E-state index contributed by atoms with van der Waals surface area (Å²) in [4.78, 5) is 166. The topological polar surface area (TPSA) is 520 Å². The number of aliphatic hydroxyl groups is 1. The van der Waals surface area contributed by atoms with Gasteiger partial charge in [-0.1, -0.05) is 38.1 Å². The van der Waals surface area contributed by atoms with E-state index in [2.05, 4.69) is 57.6 Å². The van der Waals surface area contributed by atoms with Gasteiger partial charge in [-0.25, -0.2) is 9.78 Å². The lowest BCUT2D eigenvalue weighted by Crippen LogP contribution is -2.61. The van der Waals surface area contributed by atoms with E-state index < -0.39 is 127 Å². The van der Waals surface area contributed by atoms with Crippen LogP contribution in [0.3, 0.4) is 0 Å². The van der Waals surface area contributed by atoms with Gasteiger partial charge < -0.3 is 97.5 Å². The average Bonchev–Trinajstić information content (AvgIpc) is 1.62. The molecule has 1 aliphatic rings. The van der Waals surface area contributed by atoms with E-state index in [1.165, 1.54) is 53.0 Å². The fraction of sp³-hybridized carbons (Fsp3) is 0.493. The molecule has 35 nitrogen and oxygen atoms in total. The second-order valence-corrected chi connectivity index (χ2v) is 24.4. The van der Waals surface area contributed by atoms with Crippen molar-refractivity contribution in [3.05, 3.63) is 110 Å². The van der Waals surface area contributed by atoms with Gasteiger partial charge in [-0.2, -0.15) is 9.50 Å². The molecule has 9 amide bonds. The number of nitrogens with two attached hydrogens (primary N) is 1. The van der Waals surface area contributed by atoms with Crippen molar-refractivity contribution in [2.75, 3.05) is 76.7 Å². The number of carboxylic acid groups (broad SMARTS) is 2. The van der Waals surface area contributed by atoms with E-state index in [4.69, 9.17) is 29.4 Å². The number of carboxylic acids is 2. The first-order chi connectivity index (χ1) is 48.6. The lowest BCUT2D eigenvalue weighted by Gasteiger charge is -2.28. The maximum absolute atomic E-state index is 14.3. The second kappa shape index (κ2) is 40.1. The van der Waals surface area contributed by atoms with Crippen molar-refractivity contribution in [3.63, 3.8) is 0 Å². The Morgan fingerprint density at radius 2 is 1.02 bits per heavy atom. The van der Waals surface area contributed by atoms with Gasteiger partial charge in [0.15, 0.2) is 0 Å². The molecule has 0 fully saturated rings. The van der Waals surface area contributed by atoms with Gasteiger partial charge in [-0.3, -0.25) is 57.8 Å². The molecule has 0 saturated heterocycles. The van der Waals surface area contributed by atoms with Crippen LogP contribution >= 0.6 is 0 Å². The SMILES string of the molecule is Cc1cc(NC(=O)c2nc3nc4c(c(=O)n3[nH]2)CCC4)c(C)cc1NC(=O)CCOCCOCCOCCOCCOCCC(=O)N[C@H](C(=O)N[C@@H](CC(N)=O)C(=O)N[C@@H](CCC(=O)O)C(=O)N[C@@H](Cc1ccc(O)cc1)C(=O)N[C@@H](Cc1ccc(O)cc1)C(=O)N[C@H](C(=O)O)C(C)C)[C@@H](C)O. The van der Waals surface area contributed by atoms with Crippen molar-refractivity contribution in [1.82, 2.24) is 51.5 Å². The Labute approximate surface area is 585 Å². The minimum absolute atomic E-state index is 0.0569. The smallest absolute Gasteiger partial charge is 0.326 e. The maximum Gasteiger partial charge on any atom is 0.326 e. The number of H-pyrrole nitrogens is 1. The molecule has 2 heterocycles. The standard InChI is InChI=1S/C67H89N13O22/c1-36(2)56(66(96)97)77-62(92)50(34-41-11-15-43(83)16-12-41)73-60(90)49(33-40-9-13-42(82)14-10-40)72-59(89)46(17-18-55(87)88)70-61(91)51(35-52(68)84)74-63(93)57(39(5)81)76-54(86)20-22-99-24-26-101-28-30-102-29-27-100-25-23-98-21-19-53(85)69-47-31-38(4)48(32-37(47)3)71-64(94)58-78-67-75-45-8-6-7-44(45)65(95)80(67)79-58/h9-16,31-32,36,39,46,49-51,56-57,81-83H,6-8,17-30,33-35H2,1-5H3,(H2,68,84)(H,69,85)(H,70,91)(H,71,94)(H,72,89)(H,73,90)(H,74,93)(H,76,86)(H,77,92)(H,87,88)(H,96,97)(H,75,78,79)/t39-,46+,49+,50+,51+,56+,57+/m1/s1. The molecule has 0 spiro atoms. The van der Waals surface area contributed by atoms with Crippen LogP contribution in [0.25, 0.3) is 5.78 Å². The van der Waals surface area contributed by atoms with Crippen molar-refractivity contribution in [2.45, 2.75) is 141 Å². The molecule has 2 aromatic heterocycles. The number of aliphatic hydroxyl groups excluding tert-OH is 1. The number of nitrogens with zero attached hydrogens (tertiary/aromatic N) is 3. The summed E-state index contributed by atoms with van der Waals surface area (Å²) in [6.45, 7) is 9.37. The lowest BCUT2D eigenvalue weighted by atomic mass is 10.00. The van der Waals surface area contributed by atoms with Gasteiger partial charge in [-0.05, 0) is 111 Å². The Hall–Kier alpha value is -10.5. The van der Waals surface area contributed by atoms with Crippen molar-refractivity contribution >= 4 is 82.3 Å². The number of aromatic hydroxyl groups is 2. The zero-order chi connectivity index (χ0) is 74.6. The zero-order valence-corrected chi connectivity index (χ0v) is 57.1. The third kappa shape index (κ3) is 25.9. The third-order valence-electron chi connectivity index (χ3n) is 15.9. The molecule has 6 rings (SSSR count). The number of fused-ring (bicyclic) bond motifs is 2. The number of aromatic amines is 1. The van der Waals surface area contributed by atoms with Gasteiger partial charge >= 0.3 is 11.9 Å². The fourth-order valence-corrected chi connectivity index (χ4v) is 10.4. The van der Waals surface area contributed by atoms with E-state index in [9.17, 15) is 83.1 Å². The number of carbonyl (C=O) groups excluding carboxylic acids is 9. The summed E-state index contributed by atoms with van der Waals surface area (Å²) in [7, 11) is 0. The summed E-state index contributed by atoms with van der Waals surface area (Å²) >= 11 is 0. The van der Waals surface area contributed by atoms with E-state index >= 15 is 0 Å². The first kappa shape index (κ1) is 80.5. The summed E-state index contributed by atoms with van der Waals surface area (Å²) in [5.41, 5.74) is 9.69.